The van der Waals surface area contributed by atoms with E-state index in [2.05, 4.69) is 4.98 Å². The Morgan fingerprint density at radius 3 is 2.43 bits per heavy atom. The third-order valence-corrected chi connectivity index (χ3v) is 5.41. The van der Waals surface area contributed by atoms with Gasteiger partial charge in [-0.3, -0.25) is 4.79 Å². The van der Waals surface area contributed by atoms with Crippen LogP contribution in [0.4, 0.5) is 0 Å². The summed E-state index contributed by atoms with van der Waals surface area (Å²) >= 11 is 1.45. The first kappa shape index (κ1) is 15.9. The lowest BCUT2D eigenvalue weighted by atomic mass is 9.80. The van der Waals surface area contributed by atoms with Crippen LogP contribution in [0.2, 0.25) is 0 Å². The van der Waals surface area contributed by atoms with Crippen LogP contribution in [0.1, 0.15) is 67.4 Å². The number of aliphatic carboxylic acids is 1. The van der Waals surface area contributed by atoms with Crippen LogP contribution in [0, 0.1) is 0 Å². The predicted molar refractivity (Wildman–Crippen MR) is 81.7 cm³/mol. The highest BCUT2D eigenvalue weighted by Gasteiger charge is 2.46. The van der Waals surface area contributed by atoms with Crippen LogP contribution < -0.4 is 0 Å². The second-order valence-electron chi connectivity index (χ2n) is 5.99. The second-order valence-corrected chi connectivity index (χ2v) is 6.88. The van der Waals surface area contributed by atoms with Gasteiger partial charge in [-0.1, -0.05) is 33.1 Å². The fraction of sp³-hybridized carbons (Fsp3) is 0.667. The lowest BCUT2D eigenvalue weighted by Crippen LogP contribution is -2.56. The zero-order chi connectivity index (χ0) is 15.6. The maximum atomic E-state index is 12.6. The van der Waals surface area contributed by atoms with Gasteiger partial charge in [-0.05, 0) is 12.8 Å². The number of thiazole rings is 1. The number of likely N-dealkylation sites (N-methyl/N-ethyl adjacent to an activating group) is 1. The Morgan fingerprint density at radius 1 is 1.33 bits per heavy atom. The van der Waals surface area contributed by atoms with Crippen molar-refractivity contribution in [3.05, 3.63) is 16.1 Å². The van der Waals surface area contributed by atoms with Gasteiger partial charge in [0, 0.05) is 18.3 Å². The van der Waals surface area contributed by atoms with Crippen molar-refractivity contribution in [2.45, 2.75) is 57.4 Å². The summed E-state index contributed by atoms with van der Waals surface area (Å²) in [5, 5.41) is 12.3. The summed E-state index contributed by atoms with van der Waals surface area (Å²) in [6, 6.07) is 0. The quantitative estimate of drug-likeness (QED) is 0.927. The first-order valence-electron chi connectivity index (χ1n) is 7.35. The number of carbonyl (C=O) groups excluding carboxylic acids is 1. The first-order valence-corrected chi connectivity index (χ1v) is 8.23. The molecule has 0 aliphatic heterocycles. The molecule has 0 atom stereocenters. The number of carboxylic acid groups (broad SMARTS) is 1. The van der Waals surface area contributed by atoms with Crippen molar-refractivity contribution in [2.24, 2.45) is 0 Å². The average Bonchev–Trinajstić information content (AvgIpc) is 2.96. The minimum absolute atomic E-state index is 0.268. The number of hydrogen-bond donors (Lipinski definition) is 1. The van der Waals surface area contributed by atoms with Gasteiger partial charge in [0.2, 0.25) is 0 Å². The summed E-state index contributed by atoms with van der Waals surface area (Å²) in [5.74, 6) is -0.926. The van der Waals surface area contributed by atoms with E-state index < -0.39 is 11.5 Å². The number of hydrogen-bond acceptors (Lipinski definition) is 4. The van der Waals surface area contributed by atoms with Gasteiger partial charge in [0.15, 0.2) is 0 Å². The van der Waals surface area contributed by atoms with Crippen molar-refractivity contribution in [1.29, 1.82) is 0 Å². The Kier molecular flexibility index (Phi) is 4.66. The largest absolute Gasteiger partial charge is 0.479 e. The van der Waals surface area contributed by atoms with Crippen molar-refractivity contribution in [3.8, 4) is 0 Å². The van der Waals surface area contributed by atoms with Gasteiger partial charge in [-0.2, -0.15) is 0 Å². The highest BCUT2D eigenvalue weighted by atomic mass is 32.1. The molecule has 1 saturated carbocycles. The van der Waals surface area contributed by atoms with Crippen molar-refractivity contribution in [3.63, 3.8) is 0 Å². The van der Waals surface area contributed by atoms with Crippen LogP contribution in [0.3, 0.4) is 0 Å². The van der Waals surface area contributed by atoms with Gasteiger partial charge in [0.25, 0.3) is 5.91 Å². The smallest absolute Gasteiger partial charge is 0.329 e. The predicted octanol–water partition coefficient (Wildman–Crippen LogP) is 3.13. The molecular weight excluding hydrogens is 288 g/mol. The van der Waals surface area contributed by atoms with E-state index in [1.165, 1.54) is 16.2 Å². The Labute approximate surface area is 129 Å². The van der Waals surface area contributed by atoms with E-state index in [1.54, 1.807) is 12.4 Å². The van der Waals surface area contributed by atoms with E-state index in [9.17, 15) is 14.7 Å². The fourth-order valence-corrected chi connectivity index (χ4v) is 3.66. The van der Waals surface area contributed by atoms with E-state index in [0.717, 1.165) is 24.3 Å². The van der Waals surface area contributed by atoms with E-state index >= 15 is 0 Å². The third-order valence-electron chi connectivity index (χ3n) is 4.26. The zero-order valence-electron chi connectivity index (χ0n) is 12.8. The molecule has 5 nitrogen and oxygen atoms in total. The van der Waals surface area contributed by atoms with Crippen LogP contribution in [0.15, 0.2) is 5.38 Å². The van der Waals surface area contributed by atoms with Crippen molar-refractivity contribution in [1.82, 2.24) is 9.88 Å². The summed E-state index contributed by atoms with van der Waals surface area (Å²) < 4.78 is 0. The Bertz CT molecular complexity index is 533. The second kappa shape index (κ2) is 6.13. The van der Waals surface area contributed by atoms with Crippen LogP contribution in [-0.4, -0.2) is 39.5 Å². The highest BCUT2D eigenvalue weighted by Crippen LogP contribution is 2.34. The molecule has 0 unspecified atom stereocenters. The van der Waals surface area contributed by atoms with Gasteiger partial charge in [0.1, 0.15) is 11.2 Å². The number of amides is 1. The lowest BCUT2D eigenvalue weighted by Gasteiger charge is -2.40. The Balaban J connectivity index is 2.25. The van der Waals surface area contributed by atoms with Gasteiger partial charge < -0.3 is 10.0 Å². The number of carbonyl (C=O) groups is 2. The molecule has 1 aromatic rings. The van der Waals surface area contributed by atoms with Crippen molar-refractivity contribution < 1.29 is 14.7 Å². The molecule has 21 heavy (non-hydrogen) atoms. The van der Waals surface area contributed by atoms with E-state index in [1.807, 2.05) is 13.8 Å². The molecule has 1 aliphatic rings. The van der Waals surface area contributed by atoms with Crippen LogP contribution in [-0.2, 0) is 4.79 Å². The average molecular weight is 310 g/mol. The number of aromatic nitrogens is 1. The normalized spacial score (nSPS) is 17.7. The SMILES string of the molecule is CC(C)c1nc(C(=O)N(C)C2(C(=O)O)CCCCC2)cs1. The van der Waals surface area contributed by atoms with Crippen LogP contribution in [0.25, 0.3) is 0 Å². The van der Waals surface area contributed by atoms with Gasteiger partial charge >= 0.3 is 5.97 Å². The monoisotopic (exact) mass is 310 g/mol. The molecule has 1 amide bonds. The highest BCUT2D eigenvalue weighted by molar-refractivity contribution is 7.09. The van der Waals surface area contributed by atoms with Gasteiger partial charge in [0.05, 0.1) is 5.01 Å². The van der Waals surface area contributed by atoms with Gasteiger partial charge in [-0.25, -0.2) is 9.78 Å². The van der Waals surface area contributed by atoms with Crippen molar-refractivity contribution in [2.75, 3.05) is 7.05 Å². The Morgan fingerprint density at radius 2 is 1.95 bits per heavy atom. The molecular formula is C15H22N2O3S. The van der Waals surface area contributed by atoms with Crippen LogP contribution in [0.5, 0.6) is 0 Å². The number of nitrogens with zero attached hydrogens (tertiary/aromatic N) is 2. The molecule has 1 aromatic heterocycles. The molecule has 0 spiro atoms. The fourth-order valence-electron chi connectivity index (χ4n) is 2.85. The molecule has 0 saturated heterocycles. The summed E-state index contributed by atoms with van der Waals surface area (Å²) in [4.78, 5) is 30.1. The topological polar surface area (TPSA) is 70.5 Å². The minimum Gasteiger partial charge on any atom is -0.479 e. The van der Waals surface area contributed by atoms with Crippen molar-refractivity contribution >= 4 is 23.2 Å². The molecule has 1 N–H and O–H groups in total. The lowest BCUT2D eigenvalue weighted by molar-refractivity contribution is -0.151. The van der Waals surface area contributed by atoms with E-state index in [0.29, 0.717) is 18.5 Å². The van der Waals surface area contributed by atoms with E-state index in [4.69, 9.17) is 0 Å². The molecule has 1 heterocycles. The van der Waals surface area contributed by atoms with Crippen LogP contribution >= 0.6 is 11.3 Å². The maximum absolute atomic E-state index is 12.6. The molecule has 0 radical (unpaired) electrons. The number of carboxylic acids is 1. The molecule has 6 heteroatoms. The zero-order valence-corrected chi connectivity index (χ0v) is 13.6. The summed E-state index contributed by atoms with van der Waals surface area (Å²) in [5.41, 5.74) is -0.714. The van der Waals surface area contributed by atoms with E-state index in [-0.39, 0.29) is 11.8 Å². The molecule has 1 fully saturated rings. The third kappa shape index (κ3) is 2.95. The standard InChI is InChI=1S/C15H22N2O3S/c1-10(2)12-16-11(9-21-12)13(18)17(3)15(14(19)20)7-5-4-6-8-15/h9-10H,4-8H2,1-3H3,(H,19,20). The Hall–Kier alpha value is -1.43. The summed E-state index contributed by atoms with van der Waals surface area (Å²) in [7, 11) is 1.59. The molecule has 0 bridgehead atoms. The van der Waals surface area contributed by atoms with Gasteiger partial charge in [-0.15, -0.1) is 11.3 Å². The summed E-state index contributed by atoms with van der Waals surface area (Å²) in [6.45, 7) is 4.05. The summed E-state index contributed by atoms with van der Waals surface area (Å²) in [6.07, 6.45) is 3.76. The molecule has 116 valence electrons. The maximum Gasteiger partial charge on any atom is 0.329 e. The minimum atomic E-state index is -1.07. The molecule has 0 aromatic carbocycles. The first-order chi connectivity index (χ1) is 9.88. The molecule has 1 aliphatic carbocycles. The molecule has 2 rings (SSSR count). The number of rotatable bonds is 4.